The number of nitrogens with one attached hydrogen (secondary N) is 1. The van der Waals surface area contributed by atoms with Crippen molar-refractivity contribution in [3.05, 3.63) is 0 Å². The molecular weight excluding hydrogens is 150 g/mol. The molecule has 12 heavy (non-hydrogen) atoms. The van der Waals surface area contributed by atoms with Gasteiger partial charge in [-0.1, -0.05) is 25.7 Å². The van der Waals surface area contributed by atoms with Crippen LogP contribution >= 0.6 is 0 Å². The molecule has 2 fully saturated rings. The first-order valence-corrected chi connectivity index (χ1v) is 5.12. The highest BCUT2D eigenvalue weighted by Crippen LogP contribution is 2.34. The molecule has 0 unspecified atom stereocenters. The summed E-state index contributed by atoms with van der Waals surface area (Å²) in [5.74, 6) is 0.275. The molecule has 0 atom stereocenters. The summed E-state index contributed by atoms with van der Waals surface area (Å²) in [5, 5.41) is 3.17. The molecule has 0 aromatic carbocycles. The molecule has 0 bridgehead atoms. The lowest BCUT2D eigenvalue weighted by atomic mass is 9.89. The maximum absolute atomic E-state index is 11.1. The van der Waals surface area contributed by atoms with Gasteiger partial charge in [0.1, 0.15) is 0 Å². The third kappa shape index (κ3) is 1.47. The number of carbonyl (C=O) groups is 1. The van der Waals surface area contributed by atoms with Crippen LogP contribution in [-0.4, -0.2) is 11.4 Å². The zero-order chi connectivity index (χ0) is 8.44. The van der Waals surface area contributed by atoms with Gasteiger partial charge in [-0.15, -0.1) is 0 Å². The Balaban J connectivity index is 2.03. The first-order chi connectivity index (χ1) is 5.81. The first kappa shape index (κ1) is 8.09. The van der Waals surface area contributed by atoms with Crippen molar-refractivity contribution >= 4 is 5.91 Å². The van der Waals surface area contributed by atoms with Crippen molar-refractivity contribution in [2.75, 3.05) is 0 Å². The minimum Gasteiger partial charge on any atom is -0.351 e. The number of rotatable bonds is 0. The van der Waals surface area contributed by atoms with Gasteiger partial charge in [-0.25, -0.2) is 0 Å². The smallest absolute Gasteiger partial charge is 0.220 e. The highest BCUT2D eigenvalue weighted by atomic mass is 16.2. The lowest BCUT2D eigenvalue weighted by Gasteiger charge is -2.27. The van der Waals surface area contributed by atoms with E-state index in [1.54, 1.807) is 0 Å². The standard InChI is InChI=1S/C10H17NO/c12-9-5-8-10(11-9)6-3-1-2-4-7-10/h1-8H2,(H,11,12). The highest BCUT2D eigenvalue weighted by molar-refractivity contribution is 5.79. The molecular formula is C10H17NO. The number of hydrogen-bond donors (Lipinski definition) is 1. The van der Waals surface area contributed by atoms with E-state index in [2.05, 4.69) is 5.32 Å². The number of hydrogen-bond acceptors (Lipinski definition) is 1. The third-order valence-electron chi connectivity index (χ3n) is 3.30. The van der Waals surface area contributed by atoms with Crippen LogP contribution in [0.4, 0.5) is 0 Å². The predicted octanol–water partition coefficient (Wildman–Crippen LogP) is 1.99. The molecule has 2 heteroatoms. The largest absolute Gasteiger partial charge is 0.351 e. The summed E-state index contributed by atoms with van der Waals surface area (Å²) in [4.78, 5) is 11.1. The molecule has 1 saturated carbocycles. The van der Waals surface area contributed by atoms with Crippen molar-refractivity contribution < 1.29 is 4.79 Å². The summed E-state index contributed by atoms with van der Waals surface area (Å²) < 4.78 is 0. The van der Waals surface area contributed by atoms with Crippen LogP contribution < -0.4 is 5.32 Å². The van der Waals surface area contributed by atoms with E-state index in [9.17, 15) is 4.79 Å². The van der Waals surface area contributed by atoms with Crippen LogP contribution in [0.2, 0.25) is 0 Å². The van der Waals surface area contributed by atoms with Crippen LogP contribution in [0, 0.1) is 0 Å². The SMILES string of the molecule is O=C1CCC2(CCCCCC2)N1. The monoisotopic (exact) mass is 167 g/mol. The zero-order valence-electron chi connectivity index (χ0n) is 7.57. The molecule has 1 saturated heterocycles. The molecule has 68 valence electrons. The van der Waals surface area contributed by atoms with Crippen molar-refractivity contribution in [3.8, 4) is 0 Å². The fraction of sp³-hybridized carbons (Fsp3) is 0.900. The van der Waals surface area contributed by atoms with Gasteiger partial charge in [-0.2, -0.15) is 0 Å². The lowest BCUT2D eigenvalue weighted by Crippen LogP contribution is -2.40. The van der Waals surface area contributed by atoms with Gasteiger partial charge in [0.15, 0.2) is 0 Å². The maximum Gasteiger partial charge on any atom is 0.220 e. The van der Waals surface area contributed by atoms with Crippen LogP contribution in [0.1, 0.15) is 51.4 Å². The van der Waals surface area contributed by atoms with Crippen LogP contribution in [-0.2, 0) is 4.79 Å². The van der Waals surface area contributed by atoms with E-state index >= 15 is 0 Å². The second-order valence-corrected chi connectivity index (χ2v) is 4.24. The van der Waals surface area contributed by atoms with Gasteiger partial charge in [-0.3, -0.25) is 4.79 Å². The third-order valence-corrected chi connectivity index (χ3v) is 3.30. The summed E-state index contributed by atoms with van der Waals surface area (Å²) in [6.45, 7) is 0. The molecule has 0 aromatic heterocycles. The zero-order valence-corrected chi connectivity index (χ0v) is 7.57. The summed E-state index contributed by atoms with van der Waals surface area (Å²) in [6.07, 6.45) is 9.62. The van der Waals surface area contributed by atoms with E-state index in [4.69, 9.17) is 0 Å². The maximum atomic E-state index is 11.1. The average Bonchev–Trinajstić information content (AvgIpc) is 2.30. The van der Waals surface area contributed by atoms with E-state index < -0.39 is 0 Å². The molecule has 0 aromatic rings. The number of amides is 1. The minimum atomic E-state index is 0.230. The normalized spacial score (nSPS) is 28.5. The number of carbonyl (C=O) groups excluding carboxylic acids is 1. The molecule has 2 nitrogen and oxygen atoms in total. The summed E-state index contributed by atoms with van der Waals surface area (Å²) in [6, 6.07) is 0. The van der Waals surface area contributed by atoms with Crippen LogP contribution in [0.15, 0.2) is 0 Å². The van der Waals surface area contributed by atoms with E-state index in [1.165, 1.54) is 38.5 Å². The summed E-state index contributed by atoms with van der Waals surface area (Å²) >= 11 is 0. The second kappa shape index (κ2) is 3.08. The van der Waals surface area contributed by atoms with E-state index in [0.29, 0.717) is 0 Å². The van der Waals surface area contributed by atoms with Gasteiger partial charge in [0.05, 0.1) is 0 Å². The predicted molar refractivity (Wildman–Crippen MR) is 47.8 cm³/mol. The minimum absolute atomic E-state index is 0.230. The van der Waals surface area contributed by atoms with Crippen LogP contribution in [0.3, 0.4) is 0 Å². The second-order valence-electron chi connectivity index (χ2n) is 4.24. The van der Waals surface area contributed by atoms with Crippen molar-refractivity contribution in [3.63, 3.8) is 0 Å². The van der Waals surface area contributed by atoms with Gasteiger partial charge in [0, 0.05) is 12.0 Å². The van der Waals surface area contributed by atoms with E-state index in [1.807, 2.05) is 0 Å². The van der Waals surface area contributed by atoms with Crippen LogP contribution in [0.25, 0.3) is 0 Å². The highest BCUT2D eigenvalue weighted by Gasteiger charge is 2.37. The van der Waals surface area contributed by atoms with Gasteiger partial charge < -0.3 is 5.32 Å². The Labute approximate surface area is 73.7 Å². The quantitative estimate of drug-likeness (QED) is 0.587. The molecule has 1 spiro atoms. The van der Waals surface area contributed by atoms with Gasteiger partial charge in [0.25, 0.3) is 0 Å². The Kier molecular flexibility index (Phi) is 2.07. The molecule has 1 aliphatic heterocycles. The van der Waals surface area contributed by atoms with Crippen LogP contribution in [0.5, 0.6) is 0 Å². The molecule has 0 radical (unpaired) electrons. The summed E-state index contributed by atoms with van der Waals surface area (Å²) in [7, 11) is 0. The van der Waals surface area contributed by atoms with Crippen molar-refractivity contribution in [2.45, 2.75) is 56.9 Å². The molecule has 1 heterocycles. The summed E-state index contributed by atoms with van der Waals surface area (Å²) in [5.41, 5.74) is 0.230. The first-order valence-electron chi connectivity index (χ1n) is 5.12. The lowest BCUT2D eigenvalue weighted by molar-refractivity contribution is -0.119. The van der Waals surface area contributed by atoms with Gasteiger partial charge in [-0.05, 0) is 19.3 Å². The molecule has 2 rings (SSSR count). The Morgan fingerprint density at radius 2 is 1.67 bits per heavy atom. The molecule has 2 aliphatic rings. The van der Waals surface area contributed by atoms with E-state index in [-0.39, 0.29) is 11.4 Å². The van der Waals surface area contributed by atoms with Gasteiger partial charge >= 0.3 is 0 Å². The fourth-order valence-electron chi connectivity index (χ4n) is 2.55. The average molecular weight is 167 g/mol. The fourth-order valence-corrected chi connectivity index (χ4v) is 2.55. The van der Waals surface area contributed by atoms with Crippen molar-refractivity contribution in [1.29, 1.82) is 0 Å². The molecule has 1 aliphatic carbocycles. The molecule has 1 N–H and O–H groups in total. The van der Waals surface area contributed by atoms with Gasteiger partial charge in [0.2, 0.25) is 5.91 Å². The Morgan fingerprint density at radius 1 is 1.00 bits per heavy atom. The van der Waals surface area contributed by atoms with Crippen molar-refractivity contribution in [1.82, 2.24) is 5.32 Å². The van der Waals surface area contributed by atoms with Crippen molar-refractivity contribution in [2.24, 2.45) is 0 Å². The van der Waals surface area contributed by atoms with E-state index in [0.717, 1.165) is 12.8 Å². The topological polar surface area (TPSA) is 29.1 Å². The Hall–Kier alpha value is -0.530. The Bertz CT molecular complexity index is 180. The Morgan fingerprint density at radius 3 is 2.17 bits per heavy atom. The molecule has 1 amide bonds.